The Bertz CT molecular complexity index is 1240. The zero-order valence-corrected chi connectivity index (χ0v) is 20.2. The van der Waals surface area contributed by atoms with Crippen LogP contribution in [0.4, 0.5) is 0 Å². The van der Waals surface area contributed by atoms with Gasteiger partial charge in [0.1, 0.15) is 0 Å². The predicted molar refractivity (Wildman–Crippen MR) is 134 cm³/mol. The van der Waals surface area contributed by atoms with E-state index in [9.17, 15) is 18.3 Å². The van der Waals surface area contributed by atoms with Crippen molar-refractivity contribution in [1.82, 2.24) is 10.0 Å². The molecular weight excluding hydrogens is 464 g/mol. The number of rotatable bonds is 11. The second kappa shape index (κ2) is 11.6. The Hall–Kier alpha value is -3.04. The lowest BCUT2D eigenvalue weighted by molar-refractivity contribution is -0.137. The molecule has 0 radical (unpaired) electrons. The van der Waals surface area contributed by atoms with Gasteiger partial charge in [-0.3, -0.25) is 4.79 Å². The highest BCUT2D eigenvalue weighted by molar-refractivity contribution is 7.89. The van der Waals surface area contributed by atoms with Crippen LogP contribution in [0.3, 0.4) is 0 Å². The minimum absolute atomic E-state index is 0.0863. The number of ether oxygens (including phenoxy) is 1. The summed E-state index contributed by atoms with van der Waals surface area (Å²) in [5.74, 6) is -1.08. The Morgan fingerprint density at radius 1 is 1.00 bits per heavy atom. The highest BCUT2D eigenvalue weighted by Gasteiger charge is 2.24. The highest BCUT2D eigenvalue weighted by Crippen LogP contribution is 2.26. The molecule has 1 aliphatic rings. The number of benzene rings is 3. The lowest BCUT2D eigenvalue weighted by Crippen LogP contribution is -2.30. The third kappa shape index (κ3) is 6.99. The van der Waals surface area contributed by atoms with Crippen LogP contribution in [0.15, 0.2) is 83.8 Å². The van der Waals surface area contributed by atoms with E-state index in [0.29, 0.717) is 12.1 Å². The third-order valence-corrected chi connectivity index (χ3v) is 7.48. The molecule has 0 bridgehead atoms. The molecule has 0 saturated carbocycles. The molecular formula is C27H30N2O5S. The molecule has 8 heteroatoms. The lowest BCUT2D eigenvalue weighted by atomic mass is 10.0. The van der Waals surface area contributed by atoms with Crippen LogP contribution in [0.5, 0.6) is 0 Å². The second-order valence-corrected chi connectivity index (χ2v) is 10.4. The Morgan fingerprint density at radius 2 is 1.74 bits per heavy atom. The van der Waals surface area contributed by atoms with Crippen LogP contribution in [0, 0.1) is 0 Å². The summed E-state index contributed by atoms with van der Waals surface area (Å²) < 4.78 is 34.6. The number of nitrogens with one attached hydrogen (secondary N) is 2. The molecule has 0 aliphatic carbocycles. The molecule has 7 nitrogen and oxygen atoms in total. The first-order chi connectivity index (χ1) is 16.9. The van der Waals surface area contributed by atoms with Gasteiger partial charge in [0.2, 0.25) is 10.0 Å². The van der Waals surface area contributed by atoms with E-state index in [-0.39, 0.29) is 17.4 Å². The summed E-state index contributed by atoms with van der Waals surface area (Å²) in [7, 11) is -3.96. The van der Waals surface area contributed by atoms with Crippen molar-refractivity contribution in [2.75, 3.05) is 13.2 Å². The summed E-state index contributed by atoms with van der Waals surface area (Å²) in [6.07, 6.45) is 2.11. The summed E-state index contributed by atoms with van der Waals surface area (Å²) in [6.45, 7) is 2.34. The van der Waals surface area contributed by atoms with E-state index in [4.69, 9.17) is 4.74 Å². The van der Waals surface area contributed by atoms with Gasteiger partial charge in [-0.05, 0) is 53.3 Å². The summed E-state index contributed by atoms with van der Waals surface area (Å²) in [5, 5.41) is 12.7. The van der Waals surface area contributed by atoms with Crippen molar-refractivity contribution in [3.63, 3.8) is 0 Å². The fourth-order valence-electron chi connectivity index (χ4n) is 4.23. The summed E-state index contributed by atoms with van der Waals surface area (Å²) in [6, 6.07) is 22.5. The molecule has 0 amide bonds. The van der Waals surface area contributed by atoms with E-state index in [1.165, 1.54) is 6.07 Å². The van der Waals surface area contributed by atoms with Gasteiger partial charge in [0, 0.05) is 19.7 Å². The molecule has 3 aromatic carbocycles. The van der Waals surface area contributed by atoms with Crippen LogP contribution in [0.25, 0.3) is 11.1 Å². The van der Waals surface area contributed by atoms with Gasteiger partial charge in [-0.25, -0.2) is 13.1 Å². The standard InChI is InChI=1S/C27H30N2O5S/c30-27(31)17-26(21-8-2-1-3-9-21)29-35(32,33)25-13-5-11-23(16-25)22-10-4-7-20(15-22)18-28-19-24-12-6-14-34-24/h1-5,7-11,13,15-16,24,26,28-29H,6,12,14,17-19H2,(H,30,31). The number of hydrogen-bond donors (Lipinski definition) is 3. The fraction of sp³-hybridized carbons (Fsp3) is 0.296. The highest BCUT2D eigenvalue weighted by atomic mass is 32.2. The van der Waals surface area contributed by atoms with Crippen molar-refractivity contribution in [2.24, 2.45) is 0 Å². The van der Waals surface area contributed by atoms with Gasteiger partial charge in [-0.2, -0.15) is 0 Å². The summed E-state index contributed by atoms with van der Waals surface area (Å²) in [5.41, 5.74) is 3.36. The number of carbonyl (C=O) groups is 1. The van der Waals surface area contributed by atoms with Gasteiger partial charge in [0.05, 0.1) is 23.5 Å². The van der Waals surface area contributed by atoms with Gasteiger partial charge in [0.15, 0.2) is 0 Å². The predicted octanol–water partition coefficient (Wildman–Crippen LogP) is 4.12. The Morgan fingerprint density at radius 3 is 2.46 bits per heavy atom. The second-order valence-electron chi connectivity index (χ2n) is 8.68. The molecule has 4 rings (SSSR count). The van der Waals surface area contributed by atoms with E-state index >= 15 is 0 Å². The molecule has 3 aromatic rings. The molecule has 3 N–H and O–H groups in total. The minimum atomic E-state index is -3.96. The first kappa shape index (κ1) is 25.1. The van der Waals surface area contributed by atoms with E-state index < -0.39 is 22.0 Å². The van der Waals surface area contributed by atoms with Crippen molar-refractivity contribution in [3.8, 4) is 11.1 Å². The normalized spacial score (nSPS) is 16.7. The number of carboxylic acids is 1. The molecule has 2 unspecified atom stereocenters. The Kier molecular flexibility index (Phi) is 8.30. The lowest BCUT2D eigenvalue weighted by Gasteiger charge is -2.18. The van der Waals surface area contributed by atoms with Gasteiger partial charge < -0.3 is 15.2 Å². The van der Waals surface area contributed by atoms with E-state index in [0.717, 1.165) is 42.7 Å². The van der Waals surface area contributed by atoms with Gasteiger partial charge in [0.25, 0.3) is 0 Å². The van der Waals surface area contributed by atoms with Crippen LogP contribution in [0.1, 0.15) is 36.4 Å². The monoisotopic (exact) mass is 494 g/mol. The molecule has 35 heavy (non-hydrogen) atoms. The number of hydrogen-bond acceptors (Lipinski definition) is 5. The maximum atomic E-state index is 13.2. The maximum Gasteiger partial charge on any atom is 0.305 e. The van der Waals surface area contributed by atoms with E-state index in [1.54, 1.807) is 42.5 Å². The maximum absolute atomic E-state index is 13.2. The largest absolute Gasteiger partial charge is 0.481 e. The zero-order valence-electron chi connectivity index (χ0n) is 19.4. The number of aliphatic carboxylic acids is 1. The average molecular weight is 495 g/mol. The van der Waals surface area contributed by atoms with Crippen LogP contribution in [-0.4, -0.2) is 38.7 Å². The molecule has 1 heterocycles. The van der Waals surface area contributed by atoms with Crippen molar-refractivity contribution in [2.45, 2.75) is 42.8 Å². The first-order valence-corrected chi connectivity index (χ1v) is 13.2. The van der Waals surface area contributed by atoms with Crippen molar-refractivity contribution >= 4 is 16.0 Å². The van der Waals surface area contributed by atoms with Crippen LogP contribution < -0.4 is 10.0 Å². The molecule has 0 aromatic heterocycles. The van der Waals surface area contributed by atoms with E-state index in [2.05, 4.69) is 10.0 Å². The van der Waals surface area contributed by atoms with Crippen LogP contribution in [0.2, 0.25) is 0 Å². The summed E-state index contributed by atoms with van der Waals surface area (Å²) in [4.78, 5) is 11.5. The Labute approximate surface area is 206 Å². The smallest absolute Gasteiger partial charge is 0.305 e. The average Bonchev–Trinajstić information content (AvgIpc) is 3.38. The quantitative estimate of drug-likeness (QED) is 0.370. The molecule has 1 saturated heterocycles. The third-order valence-electron chi connectivity index (χ3n) is 6.01. The van der Waals surface area contributed by atoms with Gasteiger partial charge in [-0.1, -0.05) is 60.7 Å². The summed E-state index contributed by atoms with van der Waals surface area (Å²) >= 11 is 0. The zero-order chi connectivity index (χ0) is 24.7. The van der Waals surface area contributed by atoms with Gasteiger partial charge >= 0.3 is 5.97 Å². The molecule has 2 atom stereocenters. The van der Waals surface area contributed by atoms with Gasteiger partial charge in [-0.15, -0.1) is 0 Å². The fourth-order valence-corrected chi connectivity index (χ4v) is 5.50. The number of sulfonamides is 1. The molecule has 0 spiro atoms. The molecule has 184 valence electrons. The van der Waals surface area contributed by atoms with Crippen LogP contribution in [-0.2, 0) is 26.1 Å². The minimum Gasteiger partial charge on any atom is -0.481 e. The van der Waals surface area contributed by atoms with Crippen molar-refractivity contribution in [3.05, 3.63) is 90.0 Å². The number of carboxylic acid groups (broad SMARTS) is 1. The topological polar surface area (TPSA) is 105 Å². The molecule has 1 aliphatic heterocycles. The van der Waals surface area contributed by atoms with Crippen molar-refractivity contribution in [1.29, 1.82) is 0 Å². The Balaban J connectivity index is 1.50. The molecule has 1 fully saturated rings. The SMILES string of the molecule is O=C(O)CC(NS(=O)(=O)c1cccc(-c2cccc(CNCC3CCCO3)c2)c1)c1ccccc1. The van der Waals surface area contributed by atoms with E-state index in [1.807, 2.05) is 30.3 Å². The first-order valence-electron chi connectivity index (χ1n) is 11.7. The van der Waals surface area contributed by atoms with Crippen molar-refractivity contribution < 1.29 is 23.1 Å². The van der Waals surface area contributed by atoms with Crippen LogP contribution >= 0.6 is 0 Å².